The molecule has 0 spiro atoms. The van der Waals surface area contributed by atoms with Crippen molar-refractivity contribution in [3.05, 3.63) is 167 Å². The highest BCUT2D eigenvalue weighted by Gasteiger charge is 2.44. The Morgan fingerprint density at radius 1 is 0.476 bits per heavy atom. The van der Waals surface area contributed by atoms with Gasteiger partial charge >= 0.3 is 0 Å². The molecule has 0 saturated carbocycles. The minimum absolute atomic E-state index is 0.0388. The lowest BCUT2D eigenvalue weighted by Gasteiger charge is -2.31. The zero-order valence-electron chi connectivity index (χ0n) is 37.9. The second kappa shape index (κ2) is 12.1. The van der Waals surface area contributed by atoms with Crippen molar-refractivity contribution >= 4 is 72.8 Å². The molecule has 11 aromatic rings. The first kappa shape index (κ1) is 37.0. The van der Waals surface area contributed by atoms with Crippen LogP contribution in [0.4, 0.5) is 0 Å². The Balaban J connectivity index is 1.29. The minimum atomic E-state index is -0.224. The maximum absolute atomic E-state index is 2.72. The van der Waals surface area contributed by atoms with Gasteiger partial charge in [0.2, 0.25) is 0 Å². The first-order valence-corrected chi connectivity index (χ1v) is 22.9. The molecule has 0 fully saturated rings. The zero-order chi connectivity index (χ0) is 43.1. The average Bonchev–Trinajstić information content (AvgIpc) is 3.96. The SMILES string of the molecule is Cc1cc(-c2ccccc2)cc2c3cc(-c4ccccc4)cc4c5c6c(c7c(c5n(c12)c34)Bn1c2ccc(C(C)(C)C)cc2c2cc(C(C)(C)C)cc-7c21)C(C)(C)c1ccccc1-6. The Kier molecular flexibility index (Phi) is 7.12. The normalized spacial score (nSPS) is 14.4. The maximum Gasteiger partial charge on any atom is 0.278 e. The standard InChI is InChI=1S/C60H51BN2/c1-33-26-36(34-18-12-10-13-19-34)27-42-43-28-37(35-20-14-11-15-21-35)29-45-50-49-40-22-16-17-23-47(40)60(8,9)52(49)51-46-32-39(59(5,6)7)31-44-41-30-38(58(2,3)4)24-25-48(41)63(56(44)46)61-53(51)57(50)62(54(33)42)55(43)45/h10-32,61H,1-9H3. The van der Waals surface area contributed by atoms with Crippen LogP contribution in [0.2, 0.25) is 0 Å². The molecule has 1 aliphatic heterocycles. The topological polar surface area (TPSA) is 9.34 Å². The number of hydrogen-bond donors (Lipinski definition) is 0. The minimum Gasteiger partial charge on any atom is -0.383 e. The Morgan fingerprint density at radius 3 is 1.75 bits per heavy atom. The van der Waals surface area contributed by atoms with E-state index in [2.05, 4.69) is 211 Å². The molecule has 3 aromatic heterocycles. The van der Waals surface area contributed by atoms with Gasteiger partial charge in [0.05, 0.1) is 16.6 Å². The highest BCUT2D eigenvalue weighted by molar-refractivity contribution is 6.63. The number of rotatable bonds is 2. The largest absolute Gasteiger partial charge is 0.383 e. The first-order chi connectivity index (χ1) is 30.2. The molecule has 0 saturated heterocycles. The van der Waals surface area contributed by atoms with Gasteiger partial charge in [-0.25, -0.2) is 0 Å². The third-order valence-corrected chi connectivity index (χ3v) is 15.2. The van der Waals surface area contributed by atoms with Gasteiger partial charge < -0.3 is 8.88 Å². The maximum atomic E-state index is 2.72. The van der Waals surface area contributed by atoms with E-state index in [1.165, 1.54) is 138 Å². The monoisotopic (exact) mass is 810 g/mol. The molecule has 63 heavy (non-hydrogen) atoms. The van der Waals surface area contributed by atoms with Crippen LogP contribution in [0.15, 0.2) is 140 Å². The number of aryl methyl sites for hydroxylation is 1. The molecule has 2 aliphatic rings. The number of aromatic nitrogens is 2. The summed E-state index contributed by atoms with van der Waals surface area (Å²) in [6.45, 7) is 21.5. The molecular formula is C60H51BN2. The molecule has 0 bridgehead atoms. The molecule has 3 heteroatoms. The van der Waals surface area contributed by atoms with Crippen LogP contribution in [0.1, 0.15) is 83.2 Å². The smallest absolute Gasteiger partial charge is 0.278 e. The summed E-state index contributed by atoms with van der Waals surface area (Å²) in [4.78, 5) is 0. The highest BCUT2D eigenvalue weighted by atomic mass is 14.9. The molecule has 0 amide bonds. The van der Waals surface area contributed by atoms with Gasteiger partial charge in [0, 0.05) is 54.3 Å². The van der Waals surface area contributed by atoms with E-state index in [1.54, 1.807) is 0 Å². The van der Waals surface area contributed by atoms with E-state index in [-0.39, 0.29) is 16.2 Å². The van der Waals surface area contributed by atoms with Gasteiger partial charge in [-0.2, -0.15) is 0 Å². The van der Waals surface area contributed by atoms with Gasteiger partial charge in [-0.3, -0.25) is 0 Å². The van der Waals surface area contributed by atoms with Gasteiger partial charge in [0.1, 0.15) is 0 Å². The summed E-state index contributed by atoms with van der Waals surface area (Å²) >= 11 is 0. The van der Waals surface area contributed by atoms with E-state index in [0.29, 0.717) is 0 Å². The summed E-state index contributed by atoms with van der Waals surface area (Å²) < 4.78 is 5.41. The van der Waals surface area contributed by atoms with Crippen molar-refractivity contribution in [3.8, 4) is 44.5 Å². The van der Waals surface area contributed by atoms with Crippen molar-refractivity contribution in [2.45, 2.75) is 78.6 Å². The lowest BCUT2D eigenvalue weighted by molar-refractivity contribution is 0.590. The highest BCUT2D eigenvalue weighted by Crippen LogP contribution is 2.58. The van der Waals surface area contributed by atoms with Gasteiger partial charge in [-0.05, 0) is 139 Å². The number of benzene rings is 8. The first-order valence-electron chi connectivity index (χ1n) is 22.9. The fraction of sp³-hybridized carbons (Fsp3) is 0.200. The molecule has 8 aromatic carbocycles. The molecule has 0 atom stereocenters. The van der Waals surface area contributed by atoms with Crippen molar-refractivity contribution in [2.75, 3.05) is 0 Å². The average molecular weight is 811 g/mol. The lowest BCUT2D eigenvalue weighted by atomic mass is 9.66. The Labute approximate surface area is 370 Å². The van der Waals surface area contributed by atoms with E-state index < -0.39 is 0 Å². The third-order valence-electron chi connectivity index (χ3n) is 15.2. The lowest BCUT2D eigenvalue weighted by Crippen LogP contribution is -2.33. The predicted molar refractivity (Wildman–Crippen MR) is 272 cm³/mol. The van der Waals surface area contributed by atoms with E-state index in [4.69, 9.17) is 0 Å². The van der Waals surface area contributed by atoms with Crippen molar-refractivity contribution < 1.29 is 0 Å². The summed E-state index contributed by atoms with van der Waals surface area (Å²) in [6.07, 6.45) is 0. The van der Waals surface area contributed by atoms with Crippen molar-refractivity contribution in [1.29, 1.82) is 0 Å². The van der Waals surface area contributed by atoms with E-state index in [0.717, 1.165) is 7.41 Å². The van der Waals surface area contributed by atoms with Crippen LogP contribution in [0.25, 0.3) is 104 Å². The van der Waals surface area contributed by atoms with Gasteiger partial charge in [-0.15, -0.1) is 0 Å². The second-order valence-electron chi connectivity index (χ2n) is 21.4. The van der Waals surface area contributed by atoms with Crippen molar-refractivity contribution in [3.63, 3.8) is 0 Å². The van der Waals surface area contributed by atoms with E-state index in [1.807, 2.05) is 0 Å². The van der Waals surface area contributed by atoms with Gasteiger partial charge in [0.15, 0.2) is 0 Å². The van der Waals surface area contributed by atoms with Crippen LogP contribution in [0.3, 0.4) is 0 Å². The fourth-order valence-corrected chi connectivity index (χ4v) is 12.2. The van der Waals surface area contributed by atoms with Gasteiger partial charge in [-0.1, -0.05) is 146 Å². The van der Waals surface area contributed by atoms with Crippen LogP contribution >= 0.6 is 0 Å². The molecule has 0 radical (unpaired) electrons. The summed E-state index contributed by atoms with van der Waals surface area (Å²) in [6, 6.07) is 53.6. The van der Waals surface area contributed by atoms with Crippen LogP contribution in [-0.2, 0) is 16.2 Å². The van der Waals surface area contributed by atoms with Gasteiger partial charge in [0.25, 0.3) is 7.41 Å². The predicted octanol–water partition coefficient (Wildman–Crippen LogP) is 15.0. The Hall–Kier alpha value is -6.58. The Bertz CT molecular complexity index is 3790. The quantitative estimate of drug-likeness (QED) is 0.154. The van der Waals surface area contributed by atoms with Crippen molar-refractivity contribution in [1.82, 2.24) is 8.88 Å². The summed E-state index contributed by atoms with van der Waals surface area (Å²) in [5.41, 5.74) is 25.5. The number of fused-ring (bicyclic) bond motifs is 17. The molecule has 13 rings (SSSR count). The third kappa shape index (κ3) is 4.81. The second-order valence-corrected chi connectivity index (χ2v) is 21.4. The number of hydrogen-bond acceptors (Lipinski definition) is 0. The van der Waals surface area contributed by atoms with E-state index >= 15 is 0 Å². The van der Waals surface area contributed by atoms with Crippen LogP contribution < -0.4 is 5.46 Å². The summed E-state index contributed by atoms with van der Waals surface area (Å²) in [5.74, 6) is 0. The molecule has 2 nitrogen and oxygen atoms in total. The molecule has 4 heterocycles. The molecule has 0 N–H and O–H groups in total. The van der Waals surface area contributed by atoms with Crippen LogP contribution in [-0.4, -0.2) is 16.3 Å². The molecule has 1 aliphatic carbocycles. The van der Waals surface area contributed by atoms with Crippen LogP contribution in [0.5, 0.6) is 0 Å². The van der Waals surface area contributed by atoms with Crippen LogP contribution in [0, 0.1) is 6.92 Å². The zero-order valence-corrected chi connectivity index (χ0v) is 37.9. The number of nitrogens with zero attached hydrogens (tertiary/aromatic N) is 2. The van der Waals surface area contributed by atoms with E-state index in [9.17, 15) is 0 Å². The van der Waals surface area contributed by atoms with Crippen molar-refractivity contribution in [2.24, 2.45) is 0 Å². The molecule has 304 valence electrons. The molecule has 0 unspecified atom stereocenters. The Morgan fingerprint density at radius 2 is 1.06 bits per heavy atom. The molecular weight excluding hydrogens is 759 g/mol. The summed E-state index contributed by atoms with van der Waals surface area (Å²) in [7, 11) is 0.802. The fourth-order valence-electron chi connectivity index (χ4n) is 12.2. The summed E-state index contributed by atoms with van der Waals surface area (Å²) in [5, 5.41) is 8.12.